The highest BCUT2D eigenvalue weighted by Crippen LogP contribution is 2.15. The standard InChI is InChI=1S/C10H12O2S/c1-3-9(2)13(11,12)10-7-5-4-6-8-10/h3-9H,1H2,2H3/t9-/m1/s1. The van der Waals surface area contributed by atoms with Gasteiger partial charge in [0, 0.05) is 0 Å². The molecule has 1 atom stereocenters. The predicted molar refractivity (Wildman–Crippen MR) is 53.3 cm³/mol. The van der Waals surface area contributed by atoms with Crippen LogP contribution in [0.5, 0.6) is 0 Å². The lowest BCUT2D eigenvalue weighted by atomic mass is 10.4. The Morgan fingerprint density at radius 1 is 1.31 bits per heavy atom. The summed E-state index contributed by atoms with van der Waals surface area (Å²) in [6, 6.07) is 8.40. The molecule has 0 spiro atoms. The van der Waals surface area contributed by atoms with E-state index in [-0.39, 0.29) is 0 Å². The van der Waals surface area contributed by atoms with Crippen molar-refractivity contribution >= 4 is 9.84 Å². The minimum Gasteiger partial charge on any atom is -0.223 e. The lowest BCUT2D eigenvalue weighted by Crippen LogP contribution is -2.14. The summed E-state index contributed by atoms with van der Waals surface area (Å²) in [4.78, 5) is 0.349. The summed E-state index contributed by atoms with van der Waals surface area (Å²) in [5, 5.41) is -0.533. The maximum absolute atomic E-state index is 11.7. The Morgan fingerprint density at radius 2 is 1.85 bits per heavy atom. The average molecular weight is 196 g/mol. The Kier molecular flexibility index (Phi) is 2.88. The van der Waals surface area contributed by atoms with E-state index in [2.05, 4.69) is 6.58 Å². The highest BCUT2D eigenvalue weighted by Gasteiger charge is 2.19. The first-order valence-electron chi connectivity index (χ1n) is 4.00. The van der Waals surface area contributed by atoms with Crippen molar-refractivity contribution in [2.45, 2.75) is 17.1 Å². The number of hydrogen-bond donors (Lipinski definition) is 0. The van der Waals surface area contributed by atoms with Crippen LogP contribution in [0.2, 0.25) is 0 Å². The van der Waals surface area contributed by atoms with Crippen LogP contribution in [0, 0.1) is 0 Å². The van der Waals surface area contributed by atoms with Crippen LogP contribution in [-0.2, 0) is 9.84 Å². The van der Waals surface area contributed by atoms with E-state index < -0.39 is 15.1 Å². The average Bonchev–Trinajstić information content (AvgIpc) is 2.18. The van der Waals surface area contributed by atoms with E-state index in [1.54, 1.807) is 37.3 Å². The Morgan fingerprint density at radius 3 is 2.31 bits per heavy atom. The van der Waals surface area contributed by atoms with E-state index in [1.807, 2.05) is 0 Å². The van der Waals surface area contributed by atoms with E-state index in [1.165, 1.54) is 6.08 Å². The molecule has 0 saturated heterocycles. The fraction of sp³-hybridized carbons (Fsp3) is 0.200. The van der Waals surface area contributed by atoms with Crippen molar-refractivity contribution in [2.75, 3.05) is 0 Å². The van der Waals surface area contributed by atoms with Crippen LogP contribution in [-0.4, -0.2) is 13.7 Å². The molecule has 2 nitrogen and oxygen atoms in total. The molecule has 0 aliphatic rings. The number of benzene rings is 1. The summed E-state index contributed by atoms with van der Waals surface area (Å²) in [7, 11) is -3.21. The first kappa shape index (κ1) is 9.99. The zero-order chi connectivity index (χ0) is 9.90. The van der Waals surface area contributed by atoms with Crippen molar-refractivity contribution in [3.8, 4) is 0 Å². The van der Waals surface area contributed by atoms with Gasteiger partial charge in [0.25, 0.3) is 0 Å². The Hall–Kier alpha value is -1.09. The molecule has 0 aromatic heterocycles. The molecular formula is C10H12O2S. The molecule has 3 heteroatoms. The van der Waals surface area contributed by atoms with Gasteiger partial charge in [-0.2, -0.15) is 0 Å². The Balaban J connectivity index is 3.16. The molecule has 0 aliphatic heterocycles. The molecule has 0 unspecified atom stereocenters. The maximum atomic E-state index is 11.7. The first-order valence-corrected chi connectivity index (χ1v) is 5.55. The molecule has 13 heavy (non-hydrogen) atoms. The predicted octanol–water partition coefficient (Wildman–Crippen LogP) is 2.03. The van der Waals surface area contributed by atoms with Crippen LogP contribution in [0.25, 0.3) is 0 Å². The summed E-state index contributed by atoms with van der Waals surface area (Å²) in [6.07, 6.45) is 1.43. The van der Waals surface area contributed by atoms with E-state index in [4.69, 9.17) is 0 Å². The van der Waals surface area contributed by atoms with Gasteiger partial charge in [0.05, 0.1) is 10.1 Å². The molecule has 0 N–H and O–H groups in total. The molecule has 0 fully saturated rings. The van der Waals surface area contributed by atoms with Crippen molar-refractivity contribution in [2.24, 2.45) is 0 Å². The van der Waals surface area contributed by atoms with Crippen molar-refractivity contribution in [1.82, 2.24) is 0 Å². The quantitative estimate of drug-likeness (QED) is 0.693. The topological polar surface area (TPSA) is 34.1 Å². The largest absolute Gasteiger partial charge is 0.223 e. The number of rotatable bonds is 3. The fourth-order valence-corrected chi connectivity index (χ4v) is 2.17. The molecule has 0 aliphatic carbocycles. The smallest absolute Gasteiger partial charge is 0.184 e. The number of hydrogen-bond acceptors (Lipinski definition) is 2. The van der Waals surface area contributed by atoms with Crippen molar-refractivity contribution in [3.63, 3.8) is 0 Å². The molecule has 1 aromatic rings. The normalized spacial score (nSPS) is 13.6. The van der Waals surface area contributed by atoms with E-state index in [0.717, 1.165) is 0 Å². The highest BCUT2D eigenvalue weighted by molar-refractivity contribution is 7.92. The molecule has 0 amide bonds. The molecule has 0 bridgehead atoms. The molecule has 0 radical (unpaired) electrons. The SMILES string of the molecule is C=C[C@@H](C)S(=O)(=O)c1ccccc1. The summed E-state index contributed by atoms with van der Waals surface area (Å²) >= 11 is 0. The second-order valence-electron chi connectivity index (χ2n) is 2.80. The van der Waals surface area contributed by atoms with Crippen LogP contribution in [0.15, 0.2) is 47.9 Å². The third-order valence-corrected chi connectivity index (χ3v) is 3.99. The van der Waals surface area contributed by atoms with Gasteiger partial charge in [-0.1, -0.05) is 24.3 Å². The molecule has 0 saturated carbocycles. The third kappa shape index (κ3) is 1.98. The van der Waals surface area contributed by atoms with Crippen molar-refractivity contribution in [1.29, 1.82) is 0 Å². The molecule has 70 valence electrons. The minimum atomic E-state index is -3.21. The summed E-state index contributed by atoms with van der Waals surface area (Å²) in [6.45, 7) is 5.09. The van der Waals surface area contributed by atoms with Gasteiger partial charge >= 0.3 is 0 Å². The summed E-state index contributed by atoms with van der Waals surface area (Å²) < 4.78 is 23.4. The molecule has 1 rings (SSSR count). The highest BCUT2D eigenvalue weighted by atomic mass is 32.2. The van der Waals surface area contributed by atoms with Gasteiger partial charge < -0.3 is 0 Å². The van der Waals surface area contributed by atoms with Crippen LogP contribution in [0.3, 0.4) is 0 Å². The minimum absolute atomic E-state index is 0.349. The van der Waals surface area contributed by atoms with Gasteiger partial charge in [0.1, 0.15) is 0 Å². The Bertz CT molecular complexity index is 379. The first-order chi connectivity index (χ1) is 6.09. The fourth-order valence-electron chi connectivity index (χ4n) is 0.952. The van der Waals surface area contributed by atoms with E-state index in [9.17, 15) is 8.42 Å². The van der Waals surface area contributed by atoms with Crippen molar-refractivity contribution < 1.29 is 8.42 Å². The zero-order valence-electron chi connectivity index (χ0n) is 7.47. The van der Waals surface area contributed by atoms with Gasteiger partial charge in [-0.3, -0.25) is 0 Å². The maximum Gasteiger partial charge on any atom is 0.184 e. The lowest BCUT2D eigenvalue weighted by Gasteiger charge is -2.07. The van der Waals surface area contributed by atoms with Gasteiger partial charge in [-0.15, -0.1) is 6.58 Å². The van der Waals surface area contributed by atoms with E-state index >= 15 is 0 Å². The number of sulfone groups is 1. The van der Waals surface area contributed by atoms with Crippen LogP contribution < -0.4 is 0 Å². The summed E-state index contributed by atoms with van der Waals surface area (Å²) in [5.74, 6) is 0. The van der Waals surface area contributed by atoms with Gasteiger partial charge in [0.15, 0.2) is 9.84 Å². The monoisotopic (exact) mass is 196 g/mol. The van der Waals surface area contributed by atoms with Crippen LogP contribution >= 0.6 is 0 Å². The van der Waals surface area contributed by atoms with Crippen molar-refractivity contribution in [3.05, 3.63) is 43.0 Å². The second-order valence-corrected chi connectivity index (χ2v) is 5.10. The van der Waals surface area contributed by atoms with Gasteiger partial charge in [0.2, 0.25) is 0 Å². The molecule has 0 heterocycles. The molecule has 1 aromatic carbocycles. The summed E-state index contributed by atoms with van der Waals surface area (Å²) in [5.41, 5.74) is 0. The third-order valence-electron chi connectivity index (χ3n) is 1.89. The zero-order valence-corrected chi connectivity index (χ0v) is 8.29. The van der Waals surface area contributed by atoms with Gasteiger partial charge in [-0.05, 0) is 19.1 Å². The van der Waals surface area contributed by atoms with Gasteiger partial charge in [-0.25, -0.2) is 8.42 Å². The van der Waals surface area contributed by atoms with E-state index in [0.29, 0.717) is 4.90 Å². The second kappa shape index (κ2) is 3.75. The Labute approximate surface area is 78.8 Å². The lowest BCUT2D eigenvalue weighted by molar-refractivity contribution is 0.591. The van der Waals surface area contributed by atoms with Crippen LogP contribution in [0.4, 0.5) is 0 Å². The molecular weight excluding hydrogens is 184 g/mol. The van der Waals surface area contributed by atoms with Crippen LogP contribution in [0.1, 0.15) is 6.92 Å².